The van der Waals surface area contributed by atoms with Gasteiger partial charge in [-0.05, 0) is 42.5 Å². The molecule has 0 spiro atoms. The smallest absolute Gasteiger partial charge is 0.416 e. The Kier molecular flexibility index (Phi) is 8.88. The van der Waals surface area contributed by atoms with Gasteiger partial charge < -0.3 is 10.1 Å². The van der Waals surface area contributed by atoms with E-state index in [9.17, 15) is 18.0 Å². The Bertz CT molecular complexity index is 1460. The van der Waals surface area contributed by atoms with Gasteiger partial charge in [-0.2, -0.15) is 18.3 Å². The minimum Gasteiger partial charge on any atom is -0.488 e. The van der Waals surface area contributed by atoms with E-state index in [1.165, 1.54) is 29.7 Å². The molecule has 3 aromatic carbocycles. The van der Waals surface area contributed by atoms with Crippen molar-refractivity contribution in [3.63, 3.8) is 0 Å². The van der Waals surface area contributed by atoms with Gasteiger partial charge in [-0.1, -0.05) is 47.5 Å². The van der Waals surface area contributed by atoms with Crippen molar-refractivity contribution in [3.8, 4) is 5.75 Å². The Morgan fingerprint density at radius 1 is 1.08 bits per heavy atom. The van der Waals surface area contributed by atoms with Crippen LogP contribution in [0.4, 0.5) is 24.0 Å². The number of nitrogens with one attached hydrogen (secondary N) is 2. The molecule has 0 aliphatic rings. The second kappa shape index (κ2) is 12.3. The summed E-state index contributed by atoms with van der Waals surface area (Å²) in [5.74, 6) is 0.129. The number of nitrogens with zero attached hydrogens (tertiary/aromatic N) is 2. The summed E-state index contributed by atoms with van der Waals surface area (Å²) in [5.41, 5.74) is 3.76. The Balaban J connectivity index is 1.31. The van der Waals surface area contributed by atoms with Crippen LogP contribution in [-0.4, -0.2) is 17.1 Å². The van der Waals surface area contributed by atoms with E-state index in [4.69, 9.17) is 27.9 Å². The Hall–Kier alpha value is -3.60. The zero-order valence-electron chi connectivity index (χ0n) is 19.4. The average Bonchev–Trinajstić information content (AvgIpc) is 3.30. The fourth-order valence-corrected chi connectivity index (χ4v) is 4.43. The van der Waals surface area contributed by atoms with Gasteiger partial charge in [0, 0.05) is 32.2 Å². The summed E-state index contributed by atoms with van der Waals surface area (Å²) in [6.07, 6.45) is -3.05. The monoisotopic (exact) mass is 578 g/mol. The molecule has 1 heterocycles. The quantitative estimate of drug-likeness (QED) is 0.159. The van der Waals surface area contributed by atoms with Gasteiger partial charge in [0.2, 0.25) is 5.91 Å². The van der Waals surface area contributed by atoms with E-state index in [0.29, 0.717) is 32.2 Å². The molecule has 0 unspecified atom stereocenters. The third-order valence-corrected chi connectivity index (χ3v) is 6.44. The molecule has 0 aliphatic heterocycles. The standard InChI is InChI=1S/C26H19Cl2F3N4O2S/c27-19-9-8-17(22(28)11-19)14-37-23-7-2-1-4-16(23)13-32-35-24(36)12-21-15-38-25(34-21)33-20-6-3-5-18(10-20)26(29,30)31/h1-11,13,15H,12,14H2,(H,33,34)(H,35,36)/b32-13-. The van der Waals surface area contributed by atoms with Gasteiger partial charge in [-0.3, -0.25) is 4.79 Å². The number of anilines is 2. The number of ether oxygens (including phenoxy) is 1. The van der Waals surface area contributed by atoms with E-state index in [-0.39, 0.29) is 18.7 Å². The molecule has 0 atom stereocenters. The van der Waals surface area contributed by atoms with E-state index < -0.39 is 17.6 Å². The lowest BCUT2D eigenvalue weighted by molar-refractivity contribution is -0.137. The molecule has 6 nitrogen and oxygen atoms in total. The maximum absolute atomic E-state index is 12.9. The number of alkyl halides is 3. The molecule has 0 radical (unpaired) electrons. The summed E-state index contributed by atoms with van der Waals surface area (Å²) in [4.78, 5) is 16.6. The van der Waals surface area contributed by atoms with E-state index in [2.05, 4.69) is 20.8 Å². The van der Waals surface area contributed by atoms with Crippen molar-refractivity contribution in [1.29, 1.82) is 0 Å². The molecule has 0 bridgehead atoms. The second-order valence-electron chi connectivity index (χ2n) is 7.88. The third kappa shape index (κ3) is 7.70. The van der Waals surface area contributed by atoms with E-state index in [1.54, 1.807) is 41.8 Å². The van der Waals surface area contributed by atoms with Gasteiger partial charge in [-0.25, -0.2) is 10.4 Å². The molecule has 2 N–H and O–H groups in total. The SMILES string of the molecule is O=C(Cc1csc(Nc2cccc(C(F)(F)F)c2)n1)N/N=C\c1ccccc1OCc1ccc(Cl)cc1Cl. The molecule has 12 heteroatoms. The highest BCUT2D eigenvalue weighted by Gasteiger charge is 2.30. The molecule has 0 fully saturated rings. The average molecular weight is 579 g/mol. The van der Waals surface area contributed by atoms with Crippen molar-refractivity contribution in [2.45, 2.75) is 19.2 Å². The number of para-hydroxylation sites is 1. The number of halogens is 5. The van der Waals surface area contributed by atoms with Crippen LogP contribution in [0, 0.1) is 0 Å². The number of hydrazone groups is 1. The number of thiazole rings is 1. The molecular formula is C26H19Cl2F3N4O2S. The van der Waals surface area contributed by atoms with Crippen LogP contribution in [0.5, 0.6) is 5.75 Å². The molecule has 1 aromatic heterocycles. The van der Waals surface area contributed by atoms with Crippen LogP contribution in [0.1, 0.15) is 22.4 Å². The first-order valence-electron chi connectivity index (χ1n) is 11.0. The van der Waals surface area contributed by atoms with Crippen LogP contribution in [-0.2, 0) is 24.0 Å². The van der Waals surface area contributed by atoms with Crippen LogP contribution in [0.15, 0.2) is 77.2 Å². The molecule has 196 valence electrons. The van der Waals surface area contributed by atoms with Gasteiger partial charge >= 0.3 is 6.18 Å². The maximum Gasteiger partial charge on any atom is 0.416 e. The number of carbonyl (C=O) groups excluding carboxylic acids is 1. The Morgan fingerprint density at radius 2 is 1.89 bits per heavy atom. The second-order valence-corrected chi connectivity index (χ2v) is 9.58. The van der Waals surface area contributed by atoms with Crippen molar-refractivity contribution >= 4 is 57.5 Å². The van der Waals surface area contributed by atoms with Crippen LogP contribution in [0.25, 0.3) is 0 Å². The van der Waals surface area contributed by atoms with Crippen LogP contribution < -0.4 is 15.5 Å². The number of hydrogen-bond acceptors (Lipinski definition) is 6. The first-order chi connectivity index (χ1) is 18.2. The Labute approximate surface area is 230 Å². The van der Waals surface area contributed by atoms with Crippen LogP contribution >= 0.6 is 34.5 Å². The lowest BCUT2D eigenvalue weighted by Gasteiger charge is -2.10. The van der Waals surface area contributed by atoms with Crippen LogP contribution in [0.2, 0.25) is 10.0 Å². The lowest BCUT2D eigenvalue weighted by atomic mass is 10.2. The van der Waals surface area contributed by atoms with Crippen molar-refractivity contribution in [1.82, 2.24) is 10.4 Å². The highest BCUT2D eigenvalue weighted by atomic mass is 35.5. The molecule has 4 aromatic rings. The van der Waals surface area contributed by atoms with E-state index >= 15 is 0 Å². The summed E-state index contributed by atoms with van der Waals surface area (Å²) >= 11 is 13.3. The van der Waals surface area contributed by atoms with Crippen molar-refractivity contribution in [3.05, 3.63) is 105 Å². The summed E-state index contributed by atoms with van der Waals surface area (Å²) < 4.78 is 44.6. The third-order valence-electron chi connectivity index (χ3n) is 5.04. The summed E-state index contributed by atoms with van der Waals surface area (Å²) in [6.45, 7) is 0.216. The molecule has 0 saturated carbocycles. The largest absolute Gasteiger partial charge is 0.488 e. The molecule has 4 rings (SSSR count). The molecule has 0 aliphatic carbocycles. The number of carbonyl (C=O) groups is 1. The molecule has 1 amide bonds. The molecule has 0 saturated heterocycles. The summed E-state index contributed by atoms with van der Waals surface area (Å²) in [5, 5.41) is 9.85. The fourth-order valence-electron chi connectivity index (χ4n) is 3.23. The minimum absolute atomic E-state index is 0.0642. The summed E-state index contributed by atoms with van der Waals surface area (Å²) in [6, 6.07) is 17.1. The van der Waals surface area contributed by atoms with Gasteiger partial charge in [0.25, 0.3) is 0 Å². The number of amides is 1. The van der Waals surface area contributed by atoms with Gasteiger partial charge in [-0.15, -0.1) is 11.3 Å². The van der Waals surface area contributed by atoms with E-state index in [0.717, 1.165) is 17.7 Å². The first-order valence-corrected chi connectivity index (χ1v) is 12.7. The number of rotatable bonds is 9. The normalized spacial score (nSPS) is 11.5. The Morgan fingerprint density at radius 3 is 2.68 bits per heavy atom. The van der Waals surface area contributed by atoms with Gasteiger partial charge in [0.05, 0.1) is 23.9 Å². The van der Waals surface area contributed by atoms with Gasteiger partial charge in [0.15, 0.2) is 5.13 Å². The molecular weight excluding hydrogens is 560 g/mol. The summed E-state index contributed by atoms with van der Waals surface area (Å²) in [7, 11) is 0. The van der Waals surface area contributed by atoms with Crippen LogP contribution in [0.3, 0.4) is 0 Å². The zero-order chi connectivity index (χ0) is 27.1. The van der Waals surface area contributed by atoms with Gasteiger partial charge in [0.1, 0.15) is 12.4 Å². The highest BCUT2D eigenvalue weighted by molar-refractivity contribution is 7.13. The number of hydrogen-bond donors (Lipinski definition) is 2. The maximum atomic E-state index is 12.9. The minimum atomic E-state index is -4.44. The van der Waals surface area contributed by atoms with Crippen molar-refractivity contribution in [2.24, 2.45) is 5.10 Å². The van der Waals surface area contributed by atoms with Crippen molar-refractivity contribution in [2.75, 3.05) is 5.32 Å². The predicted octanol–water partition coefficient (Wildman–Crippen LogP) is 7.48. The topological polar surface area (TPSA) is 75.6 Å². The van der Waals surface area contributed by atoms with E-state index in [1.807, 2.05) is 6.07 Å². The zero-order valence-corrected chi connectivity index (χ0v) is 21.8. The molecule has 38 heavy (non-hydrogen) atoms. The predicted molar refractivity (Wildman–Crippen MR) is 144 cm³/mol. The number of aromatic nitrogens is 1. The highest BCUT2D eigenvalue weighted by Crippen LogP contribution is 2.32. The van der Waals surface area contributed by atoms with Crippen molar-refractivity contribution < 1.29 is 22.7 Å². The fraction of sp³-hybridized carbons (Fsp3) is 0.115. The lowest BCUT2D eigenvalue weighted by Crippen LogP contribution is -2.20. The first kappa shape index (κ1) is 27.4. The number of benzene rings is 3.